The van der Waals surface area contributed by atoms with Crippen molar-refractivity contribution < 1.29 is 26.2 Å². The molecule has 1 amide bonds. The Morgan fingerprint density at radius 1 is 1.20 bits per heavy atom. The van der Waals surface area contributed by atoms with Crippen LogP contribution in [0.3, 0.4) is 0 Å². The fourth-order valence-electron chi connectivity index (χ4n) is 1.84. The van der Waals surface area contributed by atoms with E-state index >= 15 is 0 Å². The molecule has 0 aliphatic carbocycles. The van der Waals surface area contributed by atoms with E-state index in [1.165, 1.54) is 18.2 Å². The molecule has 0 spiro atoms. The third-order valence-electron chi connectivity index (χ3n) is 2.68. The van der Waals surface area contributed by atoms with Gasteiger partial charge < -0.3 is 0 Å². The van der Waals surface area contributed by atoms with Crippen LogP contribution in [0.4, 0.5) is 0 Å². The normalized spacial score (nSPS) is 16.6. The van der Waals surface area contributed by atoms with E-state index in [-0.39, 0.29) is 53.0 Å². The summed E-state index contributed by atoms with van der Waals surface area (Å²) in [5.74, 6) is -1.27. The van der Waals surface area contributed by atoms with Crippen LogP contribution < -0.4 is 0 Å². The largest absolute Gasteiger partial charge is 0.286 e. The van der Waals surface area contributed by atoms with Crippen molar-refractivity contribution >= 4 is 55.6 Å². The zero-order chi connectivity index (χ0) is 14.3. The van der Waals surface area contributed by atoms with Crippen LogP contribution in [0.25, 0.3) is 0 Å². The van der Waals surface area contributed by atoms with E-state index in [4.69, 9.17) is 4.55 Å². The Hall–Kier alpha value is -0.450. The second kappa shape index (κ2) is 6.12. The fourth-order valence-corrected chi connectivity index (χ4v) is 3.94. The number of hydrogen-bond donors (Lipinski definition) is 1. The molecule has 1 aromatic carbocycles. The number of hydrogen-bond acceptors (Lipinski definition) is 5. The number of amides is 1. The first-order chi connectivity index (χ1) is 8.73. The molecule has 1 N–H and O–H groups in total. The van der Waals surface area contributed by atoms with Crippen molar-refractivity contribution in [1.82, 2.24) is 4.31 Å². The van der Waals surface area contributed by atoms with Gasteiger partial charge in [0.05, 0.1) is 11.3 Å². The van der Waals surface area contributed by atoms with E-state index in [1.807, 2.05) is 0 Å². The molecule has 2 rings (SSSR count). The Labute approximate surface area is 139 Å². The van der Waals surface area contributed by atoms with Gasteiger partial charge in [0, 0.05) is 36.1 Å². The first-order valence-corrected chi connectivity index (χ1v) is 8.40. The summed E-state index contributed by atoms with van der Waals surface area (Å²) in [7, 11) is -8.08. The Morgan fingerprint density at radius 2 is 1.80 bits per heavy atom. The average Bonchev–Trinajstić information content (AvgIpc) is 2.49. The van der Waals surface area contributed by atoms with Crippen molar-refractivity contribution in [1.29, 1.82) is 0 Å². The molecule has 0 unspecified atom stereocenters. The summed E-state index contributed by atoms with van der Waals surface area (Å²) in [5, 5.41) is 0. The zero-order valence-corrected chi connectivity index (χ0v) is 14.3. The number of carbonyl (C=O) groups is 1. The van der Waals surface area contributed by atoms with Gasteiger partial charge in [0.15, 0.2) is 0 Å². The van der Waals surface area contributed by atoms with Crippen LogP contribution in [0.2, 0.25) is 0 Å². The molecule has 0 saturated heterocycles. The van der Waals surface area contributed by atoms with Gasteiger partial charge in [0.1, 0.15) is 4.90 Å². The summed E-state index contributed by atoms with van der Waals surface area (Å²) in [6.07, 6.45) is -0.155. The molecule has 0 aromatic heterocycles. The van der Waals surface area contributed by atoms with E-state index in [9.17, 15) is 21.6 Å². The van der Waals surface area contributed by atoms with Crippen LogP contribution in [-0.4, -0.2) is 73.5 Å². The predicted molar refractivity (Wildman–Crippen MR) is 71.5 cm³/mol. The summed E-state index contributed by atoms with van der Waals surface area (Å²) in [4.78, 5) is 11.8. The third kappa shape index (κ3) is 3.41. The molecule has 1 heterocycles. The quantitative estimate of drug-likeness (QED) is 0.602. The van der Waals surface area contributed by atoms with Crippen molar-refractivity contribution in [3.05, 3.63) is 29.8 Å². The van der Waals surface area contributed by atoms with Crippen molar-refractivity contribution in [2.75, 3.05) is 12.3 Å². The van der Waals surface area contributed by atoms with Crippen molar-refractivity contribution in [3.63, 3.8) is 0 Å². The molecule has 0 atom stereocenters. The van der Waals surface area contributed by atoms with Crippen molar-refractivity contribution in [2.45, 2.75) is 11.3 Å². The maximum absolute atomic E-state index is 12.0. The van der Waals surface area contributed by atoms with E-state index in [0.717, 1.165) is 0 Å². The van der Waals surface area contributed by atoms with E-state index in [0.29, 0.717) is 4.31 Å². The second-order valence-corrected chi connectivity index (χ2v) is 7.42. The maximum Gasteiger partial charge on any atom is 0.269 e. The summed E-state index contributed by atoms with van der Waals surface area (Å²) in [5.41, 5.74) is 0.0781. The van der Waals surface area contributed by atoms with Crippen LogP contribution in [0.5, 0.6) is 0 Å². The Balaban J connectivity index is 0.00000200. The summed E-state index contributed by atoms with van der Waals surface area (Å²) in [6.45, 7) is -0.282. The number of sulfonamides is 1. The van der Waals surface area contributed by atoms with Gasteiger partial charge in [0.2, 0.25) is 0 Å². The minimum Gasteiger partial charge on any atom is -0.286 e. The standard InChI is InChI=1S/C10H11NO6S2.Na/c12-10-8-4-1-2-5-9(8)19(16,17)11(10)6-3-7-18(13,14)15;/h1-2,4-5H,3,6-7H2,(H,13,14,15);. The zero-order valence-electron chi connectivity index (χ0n) is 10.7. The average molecular weight is 328 g/mol. The minimum absolute atomic E-state index is 0. The van der Waals surface area contributed by atoms with Gasteiger partial charge >= 0.3 is 0 Å². The first-order valence-electron chi connectivity index (χ1n) is 5.35. The molecule has 0 saturated carbocycles. The molecular weight excluding hydrogens is 317 g/mol. The van der Waals surface area contributed by atoms with E-state index in [2.05, 4.69) is 0 Å². The Kier molecular flexibility index (Phi) is 5.39. The van der Waals surface area contributed by atoms with Crippen molar-refractivity contribution in [2.24, 2.45) is 0 Å². The van der Waals surface area contributed by atoms with Crippen LogP contribution in [0.15, 0.2) is 29.2 Å². The predicted octanol–water partition coefficient (Wildman–Crippen LogP) is -0.272. The smallest absolute Gasteiger partial charge is 0.269 e. The van der Waals surface area contributed by atoms with Gasteiger partial charge in [-0.05, 0) is 18.6 Å². The minimum atomic E-state index is -4.17. The van der Waals surface area contributed by atoms with Gasteiger partial charge in [-0.1, -0.05) is 12.1 Å². The maximum atomic E-state index is 12.0. The van der Waals surface area contributed by atoms with E-state index in [1.54, 1.807) is 6.07 Å². The van der Waals surface area contributed by atoms with Crippen LogP contribution in [0, 0.1) is 0 Å². The summed E-state index contributed by atoms with van der Waals surface area (Å²) < 4.78 is 54.4. The van der Waals surface area contributed by atoms with Crippen LogP contribution in [0.1, 0.15) is 16.8 Å². The van der Waals surface area contributed by atoms with Crippen LogP contribution >= 0.6 is 0 Å². The first kappa shape index (κ1) is 17.6. The number of nitrogens with zero attached hydrogens (tertiary/aromatic N) is 1. The van der Waals surface area contributed by atoms with E-state index < -0.39 is 31.8 Å². The monoisotopic (exact) mass is 328 g/mol. The molecule has 1 aromatic rings. The fraction of sp³-hybridized carbons (Fsp3) is 0.300. The van der Waals surface area contributed by atoms with Gasteiger partial charge in [-0.25, -0.2) is 12.7 Å². The van der Waals surface area contributed by atoms with Crippen molar-refractivity contribution in [3.8, 4) is 0 Å². The molecule has 1 aliphatic heterocycles. The van der Waals surface area contributed by atoms with Crippen LogP contribution in [-0.2, 0) is 20.1 Å². The molecule has 1 radical (unpaired) electrons. The molecule has 7 nitrogen and oxygen atoms in total. The summed E-state index contributed by atoms with van der Waals surface area (Å²) >= 11 is 0. The number of rotatable bonds is 4. The number of carbonyl (C=O) groups excluding carboxylic acids is 1. The number of fused-ring (bicyclic) bond motifs is 1. The van der Waals surface area contributed by atoms with Gasteiger partial charge in [0.25, 0.3) is 26.0 Å². The third-order valence-corrected chi connectivity index (χ3v) is 5.32. The SMILES string of the molecule is O=C1c2ccccc2S(=O)(=O)N1CCCS(=O)(=O)O.[Na]. The molecule has 0 bridgehead atoms. The van der Waals surface area contributed by atoms with Gasteiger partial charge in [-0.15, -0.1) is 0 Å². The second-order valence-electron chi connectivity index (χ2n) is 4.02. The topological polar surface area (TPSA) is 109 Å². The summed E-state index contributed by atoms with van der Waals surface area (Å²) in [6, 6.07) is 5.78. The molecular formula is C10H11NNaO6S2. The number of benzene rings is 1. The van der Waals surface area contributed by atoms with Gasteiger partial charge in [-0.2, -0.15) is 8.42 Å². The molecule has 10 heteroatoms. The molecule has 0 fully saturated rings. The van der Waals surface area contributed by atoms with Gasteiger partial charge in [-0.3, -0.25) is 9.35 Å². The molecule has 20 heavy (non-hydrogen) atoms. The molecule has 1 aliphatic rings. The Bertz CT molecular complexity index is 728. The molecule has 105 valence electrons. The Morgan fingerprint density at radius 3 is 2.35 bits per heavy atom.